The fourth-order valence-electron chi connectivity index (χ4n) is 1.56. The van der Waals surface area contributed by atoms with Crippen LogP contribution in [0.2, 0.25) is 0 Å². The number of aryl methyl sites for hydroxylation is 1. The zero-order chi connectivity index (χ0) is 13.8. The second-order valence-electron chi connectivity index (χ2n) is 3.84. The van der Waals surface area contributed by atoms with Gasteiger partial charge in [0.25, 0.3) is 0 Å². The third kappa shape index (κ3) is 2.65. The minimum absolute atomic E-state index is 0.0448. The predicted octanol–water partition coefficient (Wildman–Crippen LogP) is 2.89. The summed E-state index contributed by atoms with van der Waals surface area (Å²) in [7, 11) is 0. The maximum absolute atomic E-state index is 12.8. The van der Waals surface area contributed by atoms with E-state index in [9.17, 15) is 18.0 Å². The molecule has 0 amide bonds. The molecule has 0 radical (unpaired) electrons. The highest BCUT2D eigenvalue weighted by molar-refractivity contribution is 5.79. The second-order valence-corrected chi connectivity index (χ2v) is 3.84. The zero-order valence-corrected chi connectivity index (χ0v) is 9.37. The van der Waals surface area contributed by atoms with Crippen LogP contribution >= 0.6 is 0 Å². The Morgan fingerprint density at radius 2 is 1.83 bits per heavy atom. The molecule has 0 aliphatic carbocycles. The number of hydrogen-bond acceptors (Lipinski definition) is 1. The smallest absolute Gasteiger partial charge is 0.415 e. The number of terminal acetylenes is 1. The monoisotopic (exact) mass is 256 g/mol. The van der Waals surface area contributed by atoms with Crippen molar-refractivity contribution in [3.63, 3.8) is 0 Å². The van der Waals surface area contributed by atoms with Crippen LogP contribution in [0, 0.1) is 17.8 Å². The average molecular weight is 256 g/mol. The minimum atomic E-state index is -4.97. The lowest BCUT2D eigenvalue weighted by molar-refractivity contribution is -0.215. The van der Waals surface area contributed by atoms with Gasteiger partial charge < -0.3 is 5.11 Å². The molecule has 96 valence electrons. The third-order valence-corrected chi connectivity index (χ3v) is 2.73. The second kappa shape index (κ2) is 5.13. The quantitative estimate of drug-likeness (QED) is 0.841. The van der Waals surface area contributed by atoms with Crippen LogP contribution in [0.1, 0.15) is 12.0 Å². The molecule has 1 aromatic carbocycles. The van der Waals surface area contributed by atoms with Gasteiger partial charge in [-0.05, 0) is 18.4 Å². The average Bonchev–Trinajstić information content (AvgIpc) is 2.29. The van der Waals surface area contributed by atoms with Crippen LogP contribution in [0.5, 0.6) is 0 Å². The van der Waals surface area contributed by atoms with Gasteiger partial charge in [-0.3, -0.25) is 4.79 Å². The maximum Gasteiger partial charge on any atom is 0.415 e. The van der Waals surface area contributed by atoms with E-state index in [4.69, 9.17) is 11.5 Å². The largest absolute Gasteiger partial charge is 0.480 e. The van der Waals surface area contributed by atoms with E-state index in [1.807, 2.05) is 0 Å². The van der Waals surface area contributed by atoms with Gasteiger partial charge in [-0.15, -0.1) is 6.42 Å². The number of benzene rings is 1. The normalized spacial score (nSPS) is 14.6. The minimum Gasteiger partial charge on any atom is -0.480 e. The van der Waals surface area contributed by atoms with Gasteiger partial charge in [-0.2, -0.15) is 13.2 Å². The molecule has 1 rings (SSSR count). The molecule has 0 fully saturated rings. The van der Waals surface area contributed by atoms with Crippen molar-refractivity contribution in [2.45, 2.75) is 19.0 Å². The first-order valence-electron chi connectivity index (χ1n) is 5.15. The van der Waals surface area contributed by atoms with E-state index in [2.05, 4.69) is 0 Å². The SMILES string of the molecule is C#CC(CCc1ccccc1)(C(=O)O)C(F)(F)F. The number of hydrogen-bond donors (Lipinski definition) is 1. The lowest BCUT2D eigenvalue weighted by Crippen LogP contribution is -2.44. The van der Waals surface area contributed by atoms with E-state index in [0.717, 1.165) is 0 Å². The summed E-state index contributed by atoms with van der Waals surface area (Å²) in [5.41, 5.74) is -2.51. The van der Waals surface area contributed by atoms with Crippen LogP contribution in [0.25, 0.3) is 0 Å². The predicted molar refractivity (Wildman–Crippen MR) is 59.7 cm³/mol. The molecule has 2 nitrogen and oxygen atoms in total. The van der Waals surface area contributed by atoms with E-state index in [1.165, 1.54) is 5.92 Å². The number of rotatable bonds is 4. The van der Waals surface area contributed by atoms with Gasteiger partial charge in [0.1, 0.15) is 0 Å². The fourth-order valence-corrected chi connectivity index (χ4v) is 1.56. The van der Waals surface area contributed by atoms with Crippen molar-refractivity contribution in [1.29, 1.82) is 0 Å². The molecule has 0 spiro atoms. The number of carboxylic acid groups (broad SMARTS) is 1. The third-order valence-electron chi connectivity index (χ3n) is 2.73. The standard InChI is InChI=1S/C13H11F3O2/c1-2-12(11(17)18,13(14,15)16)9-8-10-6-4-3-5-7-10/h1,3-7H,8-9H2,(H,17,18). The molecule has 0 aliphatic rings. The van der Waals surface area contributed by atoms with Crippen LogP contribution in [0.3, 0.4) is 0 Å². The van der Waals surface area contributed by atoms with Crippen molar-refractivity contribution >= 4 is 5.97 Å². The van der Waals surface area contributed by atoms with Crippen LogP contribution in [0.4, 0.5) is 13.2 Å². The molecule has 0 aliphatic heterocycles. The van der Waals surface area contributed by atoms with Gasteiger partial charge in [0.2, 0.25) is 5.41 Å². The molecule has 0 saturated heterocycles. The number of aliphatic carboxylic acids is 1. The number of alkyl halides is 3. The summed E-state index contributed by atoms with van der Waals surface area (Å²) in [6.07, 6.45) is -0.881. The molecule has 1 N–H and O–H groups in total. The first-order valence-corrected chi connectivity index (χ1v) is 5.15. The Hall–Kier alpha value is -1.96. The molecular weight excluding hydrogens is 245 g/mol. The highest BCUT2D eigenvalue weighted by Crippen LogP contribution is 2.41. The van der Waals surface area contributed by atoms with E-state index < -0.39 is 24.0 Å². The number of carboxylic acids is 1. The summed E-state index contributed by atoms with van der Waals surface area (Å²) in [5.74, 6) is -0.633. The molecule has 1 aromatic rings. The molecule has 18 heavy (non-hydrogen) atoms. The molecule has 0 heterocycles. The Morgan fingerprint density at radius 1 is 1.28 bits per heavy atom. The van der Waals surface area contributed by atoms with Crippen molar-refractivity contribution < 1.29 is 23.1 Å². The molecule has 0 saturated carbocycles. The lowest BCUT2D eigenvalue weighted by Gasteiger charge is -2.26. The van der Waals surface area contributed by atoms with Gasteiger partial charge in [0.15, 0.2) is 0 Å². The van der Waals surface area contributed by atoms with Crippen LogP contribution in [-0.2, 0) is 11.2 Å². The van der Waals surface area contributed by atoms with Crippen molar-refractivity contribution in [3.05, 3.63) is 35.9 Å². The summed E-state index contributed by atoms with van der Waals surface area (Å²) >= 11 is 0. The molecular formula is C13H11F3O2. The highest BCUT2D eigenvalue weighted by Gasteiger charge is 2.59. The van der Waals surface area contributed by atoms with Crippen molar-refractivity contribution in [3.8, 4) is 12.3 Å². The Bertz CT molecular complexity index is 459. The van der Waals surface area contributed by atoms with Gasteiger partial charge >= 0.3 is 12.1 Å². The van der Waals surface area contributed by atoms with Crippen LogP contribution in [-0.4, -0.2) is 17.3 Å². The molecule has 5 heteroatoms. The van der Waals surface area contributed by atoms with Crippen molar-refractivity contribution in [1.82, 2.24) is 0 Å². The maximum atomic E-state index is 12.8. The summed E-state index contributed by atoms with van der Waals surface area (Å²) < 4.78 is 38.4. The first-order chi connectivity index (χ1) is 8.33. The molecule has 1 atom stereocenters. The summed E-state index contributed by atoms with van der Waals surface area (Å²) in [5, 5.41) is 8.77. The van der Waals surface area contributed by atoms with E-state index >= 15 is 0 Å². The summed E-state index contributed by atoms with van der Waals surface area (Å²) in [4.78, 5) is 10.9. The van der Waals surface area contributed by atoms with E-state index in [-0.39, 0.29) is 6.42 Å². The van der Waals surface area contributed by atoms with Crippen molar-refractivity contribution in [2.24, 2.45) is 5.41 Å². The first kappa shape index (κ1) is 14.1. The van der Waals surface area contributed by atoms with Gasteiger partial charge in [-0.1, -0.05) is 36.3 Å². The number of carbonyl (C=O) groups is 1. The van der Waals surface area contributed by atoms with Crippen molar-refractivity contribution in [2.75, 3.05) is 0 Å². The Labute approximate surface area is 102 Å². The van der Waals surface area contributed by atoms with Gasteiger partial charge in [0.05, 0.1) is 0 Å². The molecule has 0 bridgehead atoms. The summed E-state index contributed by atoms with van der Waals surface area (Å²) in [6, 6.07) is 8.31. The highest BCUT2D eigenvalue weighted by atomic mass is 19.4. The van der Waals surface area contributed by atoms with E-state index in [1.54, 1.807) is 30.3 Å². The zero-order valence-electron chi connectivity index (χ0n) is 9.37. The summed E-state index contributed by atoms with van der Waals surface area (Å²) in [6.45, 7) is 0. The van der Waals surface area contributed by atoms with E-state index in [0.29, 0.717) is 5.56 Å². The van der Waals surface area contributed by atoms with Crippen LogP contribution in [0.15, 0.2) is 30.3 Å². The topological polar surface area (TPSA) is 37.3 Å². The number of halogens is 3. The Kier molecular flexibility index (Phi) is 4.02. The Morgan fingerprint density at radius 3 is 2.22 bits per heavy atom. The molecule has 1 unspecified atom stereocenters. The molecule has 0 aromatic heterocycles. The van der Waals surface area contributed by atoms with Crippen LogP contribution < -0.4 is 0 Å². The lowest BCUT2D eigenvalue weighted by atomic mass is 9.82. The Balaban J connectivity index is 2.95. The van der Waals surface area contributed by atoms with Gasteiger partial charge in [-0.25, -0.2) is 0 Å². The van der Waals surface area contributed by atoms with Gasteiger partial charge in [0, 0.05) is 0 Å². The fraction of sp³-hybridized carbons (Fsp3) is 0.308.